The van der Waals surface area contributed by atoms with Crippen molar-refractivity contribution in [3.8, 4) is 0 Å². The Kier molecular flexibility index (Phi) is 8.16. The largest absolute Gasteiger partial charge is 0.469 e. The number of piperidine rings is 1. The molecule has 1 aliphatic heterocycles. The molecule has 1 saturated heterocycles. The van der Waals surface area contributed by atoms with Crippen LogP contribution in [0.15, 0.2) is 0 Å². The molecule has 1 aliphatic rings. The van der Waals surface area contributed by atoms with E-state index in [1.54, 1.807) is 0 Å². The highest BCUT2D eigenvalue weighted by Crippen LogP contribution is 2.08. The fourth-order valence-electron chi connectivity index (χ4n) is 2.27. The van der Waals surface area contributed by atoms with E-state index in [-0.39, 0.29) is 13.0 Å². The number of carbonyl (C=O) groups excluding carboxylic acids is 1. The van der Waals surface area contributed by atoms with Crippen LogP contribution in [0.3, 0.4) is 0 Å². The zero-order valence-corrected chi connectivity index (χ0v) is 13.8. The van der Waals surface area contributed by atoms with Crippen molar-refractivity contribution in [1.29, 1.82) is 0 Å². The van der Waals surface area contributed by atoms with Crippen molar-refractivity contribution in [1.82, 2.24) is 13.9 Å². The summed E-state index contributed by atoms with van der Waals surface area (Å²) in [7, 11) is -0.768. The van der Waals surface area contributed by atoms with E-state index in [1.165, 1.54) is 33.4 Å². The molecule has 0 saturated carbocycles. The van der Waals surface area contributed by atoms with Gasteiger partial charge in [0.15, 0.2) is 0 Å². The van der Waals surface area contributed by atoms with Crippen LogP contribution >= 0.6 is 0 Å². The van der Waals surface area contributed by atoms with Crippen molar-refractivity contribution in [2.45, 2.75) is 32.1 Å². The topological polar surface area (TPSA) is 78.9 Å². The molecule has 1 rings (SSSR count). The Labute approximate surface area is 127 Å². The van der Waals surface area contributed by atoms with Crippen LogP contribution in [0.4, 0.5) is 0 Å². The van der Waals surface area contributed by atoms with E-state index in [4.69, 9.17) is 0 Å². The molecule has 1 fully saturated rings. The minimum atomic E-state index is -3.51. The highest BCUT2D eigenvalue weighted by atomic mass is 32.2. The van der Waals surface area contributed by atoms with Gasteiger partial charge in [-0.2, -0.15) is 12.7 Å². The molecule has 0 aliphatic carbocycles. The maximum Gasteiger partial charge on any atom is 0.306 e. The third-order valence-corrected chi connectivity index (χ3v) is 5.23. The van der Waals surface area contributed by atoms with E-state index < -0.39 is 16.2 Å². The molecular formula is C13H27N3O4S. The predicted octanol–water partition coefficient (Wildman–Crippen LogP) is 0.192. The Hall–Kier alpha value is -0.700. The van der Waals surface area contributed by atoms with Crippen molar-refractivity contribution in [2.75, 3.05) is 46.9 Å². The SMILES string of the molecule is COC(=O)CCN(C)S(=O)(=O)NCCCN1CCCCC1. The highest BCUT2D eigenvalue weighted by molar-refractivity contribution is 7.87. The van der Waals surface area contributed by atoms with E-state index in [0.717, 1.165) is 30.4 Å². The fraction of sp³-hybridized carbons (Fsp3) is 0.923. The van der Waals surface area contributed by atoms with Crippen LogP contribution in [-0.4, -0.2) is 70.5 Å². The summed E-state index contributed by atoms with van der Waals surface area (Å²) in [5.41, 5.74) is 0. The Balaban J connectivity index is 2.20. The van der Waals surface area contributed by atoms with E-state index in [0.29, 0.717) is 6.54 Å². The van der Waals surface area contributed by atoms with Crippen LogP contribution in [-0.2, 0) is 19.7 Å². The Morgan fingerprint density at radius 2 is 1.95 bits per heavy atom. The van der Waals surface area contributed by atoms with Gasteiger partial charge in [0.25, 0.3) is 10.2 Å². The van der Waals surface area contributed by atoms with Crippen molar-refractivity contribution in [3.05, 3.63) is 0 Å². The van der Waals surface area contributed by atoms with Crippen LogP contribution in [0.5, 0.6) is 0 Å². The predicted molar refractivity (Wildman–Crippen MR) is 81.1 cm³/mol. The van der Waals surface area contributed by atoms with Gasteiger partial charge < -0.3 is 9.64 Å². The van der Waals surface area contributed by atoms with E-state index in [1.807, 2.05) is 0 Å². The average Bonchev–Trinajstić information content (AvgIpc) is 2.49. The van der Waals surface area contributed by atoms with Crippen molar-refractivity contribution >= 4 is 16.2 Å². The quantitative estimate of drug-likeness (QED) is 0.484. The summed E-state index contributed by atoms with van der Waals surface area (Å²) >= 11 is 0. The molecule has 0 radical (unpaired) electrons. The molecule has 21 heavy (non-hydrogen) atoms. The molecule has 0 atom stereocenters. The maximum absolute atomic E-state index is 11.9. The first-order valence-electron chi connectivity index (χ1n) is 7.46. The standard InChI is InChI=1S/C13H27N3O4S/c1-15(12-7-13(17)20-2)21(18,19)14-8-6-11-16-9-4-3-5-10-16/h14H,3-12H2,1-2H3. The number of rotatable bonds is 9. The lowest BCUT2D eigenvalue weighted by Crippen LogP contribution is -2.40. The van der Waals surface area contributed by atoms with Gasteiger partial charge in [0.1, 0.15) is 0 Å². The monoisotopic (exact) mass is 321 g/mol. The van der Waals surface area contributed by atoms with Crippen molar-refractivity contribution in [2.24, 2.45) is 0 Å². The number of nitrogens with zero attached hydrogens (tertiary/aromatic N) is 2. The smallest absolute Gasteiger partial charge is 0.306 e. The van der Waals surface area contributed by atoms with Gasteiger partial charge in [0.2, 0.25) is 0 Å². The summed E-state index contributed by atoms with van der Waals surface area (Å²) in [5.74, 6) is -0.415. The Bertz CT molecular complexity index is 408. The van der Waals surface area contributed by atoms with E-state index in [2.05, 4.69) is 14.4 Å². The van der Waals surface area contributed by atoms with Crippen molar-refractivity contribution < 1.29 is 17.9 Å². The molecule has 0 bridgehead atoms. The second-order valence-corrected chi connectivity index (χ2v) is 7.17. The molecule has 1 heterocycles. The van der Waals surface area contributed by atoms with Crippen molar-refractivity contribution in [3.63, 3.8) is 0 Å². The Morgan fingerprint density at radius 1 is 1.29 bits per heavy atom. The Morgan fingerprint density at radius 3 is 2.57 bits per heavy atom. The normalized spacial score (nSPS) is 17.1. The summed E-state index contributed by atoms with van der Waals surface area (Å²) in [6, 6.07) is 0. The van der Waals surface area contributed by atoms with Gasteiger partial charge in [-0.05, 0) is 38.9 Å². The molecule has 7 nitrogen and oxygen atoms in total. The molecule has 0 spiro atoms. The number of carbonyl (C=O) groups is 1. The van der Waals surface area contributed by atoms with Crippen LogP contribution in [0.2, 0.25) is 0 Å². The molecule has 0 aromatic rings. The van der Waals surface area contributed by atoms with Gasteiger partial charge in [-0.3, -0.25) is 4.79 Å². The van der Waals surface area contributed by atoms with Gasteiger partial charge in [-0.15, -0.1) is 0 Å². The third kappa shape index (κ3) is 7.21. The number of hydrogen-bond acceptors (Lipinski definition) is 5. The first-order chi connectivity index (χ1) is 9.95. The molecular weight excluding hydrogens is 294 g/mol. The molecule has 8 heteroatoms. The van der Waals surface area contributed by atoms with Crippen LogP contribution < -0.4 is 4.72 Å². The molecule has 0 unspecified atom stereocenters. The average molecular weight is 321 g/mol. The van der Waals surface area contributed by atoms with Gasteiger partial charge >= 0.3 is 5.97 Å². The minimum Gasteiger partial charge on any atom is -0.469 e. The van der Waals surface area contributed by atoms with E-state index >= 15 is 0 Å². The fourth-order valence-corrected chi connectivity index (χ4v) is 3.22. The lowest BCUT2D eigenvalue weighted by atomic mass is 10.1. The van der Waals surface area contributed by atoms with Gasteiger partial charge in [0.05, 0.1) is 13.5 Å². The molecule has 0 amide bonds. The first kappa shape index (κ1) is 18.3. The van der Waals surface area contributed by atoms with E-state index in [9.17, 15) is 13.2 Å². The third-order valence-electron chi connectivity index (χ3n) is 3.65. The summed E-state index contributed by atoms with van der Waals surface area (Å²) in [6.45, 7) is 3.70. The summed E-state index contributed by atoms with van der Waals surface area (Å²) in [4.78, 5) is 13.4. The zero-order valence-electron chi connectivity index (χ0n) is 13.0. The molecule has 124 valence electrons. The van der Waals surface area contributed by atoms with Crippen LogP contribution in [0.25, 0.3) is 0 Å². The van der Waals surface area contributed by atoms with Gasteiger partial charge in [-0.25, -0.2) is 4.72 Å². The summed E-state index contributed by atoms with van der Waals surface area (Å²) < 4.78 is 32.1. The number of esters is 1. The molecule has 1 N–H and O–H groups in total. The van der Waals surface area contributed by atoms with Crippen LogP contribution in [0.1, 0.15) is 32.1 Å². The molecule has 0 aromatic heterocycles. The summed E-state index contributed by atoms with van der Waals surface area (Å²) in [6.07, 6.45) is 4.63. The number of nitrogens with one attached hydrogen (secondary N) is 1. The zero-order chi connectivity index (χ0) is 15.7. The second-order valence-electron chi connectivity index (χ2n) is 5.30. The second kappa shape index (κ2) is 9.34. The lowest BCUT2D eigenvalue weighted by molar-refractivity contribution is -0.140. The number of likely N-dealkylation sites (tertiary alicyclic amines) is 1. The lowest BCUT2D eigenvalue weighted by Gasteiger charge is -2.26. The highest BCUT2D eigenvalue weighted by Gasteiger charge is 2.18. The maximum atomic E-state index is 11.9. The minimum absolute atomic E-state index is 0.0572. The number of hydrogen-bond donors (Lipinski definition) is 1. The van der Waals surface area contributed by atoms with Crippen LogP contribution in [0, 0.1) is 0 Å². The summed E-state index contributed by atoms with van der Waals surface area (Å²) in [5, 5.41) is 0. The molecule has 0 aromatic carbocycles. The number of methoxy groups -OCH3 is 1. The first-order valence-corrected chi connectivity index (χ1v) is 8.90. The number of ether oxygens (including phenoxy) is 1. The van der Waals surface area contributed by atoms with Gasteiger partial charge in [-0.1, -0.05) is 6.42 Å². The van der Waals surface area contributed by atoms with Gasteiger partial charge in [0, 0.05) is 20.1 Å².